The van der Waals surface area contributed by atoms with Gasteiger partial charge in [-0.2, -0.15) is 10.1 Å². The van der Waals surface area contributed by atoms with Crippen LogP contribution in [0.15, 0.2) is 41.1 Å². The van der Waals surface area contributed by atoms with Crippen molar-refractivity contribution in [3.8, 4) is 23.0 Å². The van der Waals surface area contributed by atoms with Gasteiger partial charge in [0.15, 0.2) is 17.3 Å². The summed E-state index contributed by atoms with van der Waals surface area (Å²) in [6.07, 6.45) is 5.76. The number of nitrogens with zero attached hydrogens (tertiary/aromatic N) is 4. The van der Waals surface area contributed by atoms with Crippen molar-refractivity contribution in [3.05, 3.63) is 42.4 Å². The van der Waals surface area contributed by atoms with Gasteiger partial charge in [0.05, 0.1) is 24.0 Å². The first-order valence-electron chi connectivity index (χ1n) is 8.61. The molecule has 0 unspecified atom stereocenters. The van der Waals surface area contributed by atoms with E-state index in [0.717, 1.165) is 31.4 Å². The fourth-order valence-corrected chi connectivity index (χ4v) is 3.23. The Morgan fingerprint density at radius 3 is 2.72 bits per heavy atom. The SMILES string of the molecule is CCOc1cn(-c2ccccc2)nc1-c1nc(C2(N)CCCC2)no1. The standard InChI is InChI=1S/C18H21N5O2/c1-2-24-14-12-23(13-8-4-3-5-9-13)21-15(14)16-20-17(22-25-16)18(19)10-6-7-11-18/h3-5,8-9,12H,2,6-7,10-11,19H2,1H3. The Balaban J connectivity index is 1.72. The van der Waals surface area contributed by atoms with Gasteiger partial charge in [-0.25, -0.2) is 4.68 Å². The highest BCUT2D eigenvalue weighted by molar-refractivity contribution is 5.57. The van der Waals surface area contributed by atoms with Crippen molar-refractivity contribution in [1.29, 1.82) is 0 Å². The quantitative estimate of drug-likeness (QED) is 0.768. The van der Waals surface area contributed by atoms with E-state index in [1.165, 1.54) is 0 Å². The lowest BCUT2D eigenvalue weighted by atomic mass is 9.99. The number of benzene rings is 1. The minimum Gasteiger partial charge on any atom is -0.490 e. The fraction of sp³-hybridized carbons (Fsp3) is 0.389. The molecule has 2 heterocycles. The summed E-state index contributed by atoms with van der Waals surface area (Å²) in [6.45, 7) is 2.45. The van der Waals surface area contributed by atoms with Crippen LogP contribution in [0.4, 0.5) is 0 Å². The van der Waals surface area contributed by atoms with Crippen molar-refractivity contribution in [1.82, 2.24) is 19.9 Å². The summed E-state index contributed by atoms with van der Waals surface area (Å²) in [4.78, 5) is 4.53. The topological polar surface area (TPSA) is 92.0 Å². The zero-order valence-electron chi connectivity index (χ0n) is 14.2. The molecule has 2 N–H and O–H groups in total. The van der Waals surface area contributed by atoms with Crippen LogP contribution in [0.3, 0.4) is 0 Å². The molecule has 7 nitrogen and oxygen atoms in total. The molecule has 0 bridgehead atoms. The van der Waals surface area contributed by atoms with Crippen LogP contribution in [-0.4, -0.2) is 26.5 Å². The van der Waals surface area contributed by atoms with Crippen LogP contribution in [-0.2, 0) is 5.54 Å². The summed E-state index contributed by atoms with van der Waals surface area (Å²) in [5, 5.41) is 8.70. The van der Waals surface area contributed by atoms with E-state index in [4.69, 9.17) is 15.0 Å². The van der Waals surface area contributed by atoms with E-state index in [2.05, 4.69) is 15.2 Å². The van der Waals surface area contributed by atoms with Crippen molar-refractivity contribution >= 4 is 0 Å². The molecule has 1 saturated carbocycles. The third-order valence-electron chi connectivity index (χ3n) is 4.57. The summed E-state index contributed by atoms with van der Waals surface area (Å²) in [6, 6.07) is 9.82. The van der Waals surface area contributed by atoms with Crippen LogP contribution in [0.1, 0.15) is 38.4 Å². The molecule has 0 radical (unpaired) electrons. The molecule has 2 aromatic heterocycles. The first-order chi connectivity index (χ1) is 12.2. The summed E-state index contributed by atoms with van der Waals surface area (Å²) in [5.74, 6) is 1.50. The fourth-order valence-electron chi connectivity index (χ4n) is 3.23. The van der Waals surface area contributed by atoms with Crippen LogP contribution in [0, 0.1) is 0 Å². The zero-order valence-corrected chi connectivity index (χ0v) is 14.2. The average molecular weight is 339 g/mol. The minimum atomic E-state index is -0.491. The number of para-hydroxylation sites is 1. The molecular formula is C18H21N5O2. The first-order valence-corrected chi connectivity index (χ1v) is 8.61. The van der Waals surface area contributed by atoms with Crippen molar-refractivity contribution in [2.24, 2.45) is 5.73 Å². The van der Waals surface area contributed by atoms with Crippen molar-refractivity contribution < 1.29 is 9.26 Å². The normalized spacial score (nSPS) is 16.2. The monoisotopic (exact) mass is 339 g/mol. The Kier molecular flexibility index (Phi) is 4.01. The second-order valence-corrected chi connectivity index (χ2v) is 6.34. The molecule has 0 aliphatic heterocycles. The molecule has 0 saturated heterocycles. The highest BCUT2D eigenvalue weighted by Gasteiger charge is 2.36. The Labute approximate surface area is 145 Å². The Hall–Kier alpha value is -2.67. The van der Waals surface area contributed by atoms with Crippen LogP contribution >= 0.6 is 0 Å². The van der Waals surface area contributed by atoms with Crippen molar-refractivity contribution in [2.45, 2.75) is 38.1 Å². The molecular weight excluding hydrogens is 318 g/mol. The number of hydrogen-bond acceptors (Lipinski definition) is 6. The average Bonchev–Trinajstić information content (AvgIpc) is 3.35. The molecule has 0 atom stereocenters. The minimum absolute atomic E-state index is 0.338. The molecule has 1 aromatic carbocycles. The van der Waals surface area contributed by atoms with Crippen LogP contribution < -0.4 is 10.5 Å². The Bertz CT molecular complexity index is 849. The third-order valence-corrected chi connectivity index (χ3v) is 4.57. The lowest BCUT2D eigenvalue weighted by molar-refractivity contribution is 0.338. The van der Waals surface area contributed by atoms with E-state index < -0.39 is 5.54 Å². The predicted molar refractivity (Wildman–Crippen MR) is 92.4 cm³/mol. The molecule has 1 fully saturated rings. The molecule has 1 aliphatic carbocycles. The lowest BCUT2D eigenvalue weighted by Gasteiger charge is -2.17. The maximum Gasteiger partial charge on any atom is 0.282 e. The van der Waals surface area contributed by atoms with Gasteiger partial charge in [-0.3, -0.25) is 0 Å². The lowest BCUT2D eigenvalue weighted by Crippen LogP contribution is -2.34. The summed E-state index contributed by atoms with van der Waals surface area (Å²) >= 11 is 0. The van der Waals surface area contributed by atoms with Gasteiger partial charge in [-0.1, -0.05) is 36.2 Å². The molecule has 7 heteroatoms. The van der Waals surface area contributed by atoms with Gasteiger partial charge in [0.25, 0.3) is 5.89 Å². The van der Waals surface area contributed by atoms with Crippen LogP contribution in [0.5, 0.6) is 5.75 Å². The van der Waals surface area contributed by atoms with Gasteiger partial charge < -0.3 is 15.0 Å². The number of aromatic nitrogens is 4. The summed E-state index contributed by atoms with van der Waals surface area (Å²) in [5.41, 5.74) is 7.40. The van der Waals surface area contributed by atoms with Crippen molar-refractivity contribution in [3.63, 3.8) is 0 Å². The summed E-state index contributed by atoms with van der Waals surface area (Å²) < 4.78 is 12.9. The molecule has 4 rings (SSSR count). The number of nitrogens with two attached hydrogens (primary N) is 1. The molecule has 0 spiro atoms. The van der Waals surface area contributed by atoms with E-state index in [1.54, 1.807) is 4.68 Å². The summed E-state index contributed by atoms with van der Waals surface area (Å²) in [7, 11) is 0. The molecule has 1 aliphatic rings. The van der Waals surface area contributed by atoms with Crippen molar-refractivity contribution in [2.75, 3.05) is 6.61 Å². The van der Waals surface area contributed by atoms with Gasteiger partial charge in [-0.15, -0.1) is 0 Å². The van der Waals surface area contributed by atoms with Gasteiger partial charge >= 0.3 is 0 Å². The smallest absolute Gasteiger partial charge is 0.282 e. The van der Waals surface area contributed by atoms with Gasteiger partial charge in [-0.05, 0) is 31.9 Å². The molecule has 0 amide bonds. The second-order valence-electron chi connectivity index (χ2n) is 6.34. The third kappa shape index (κ3) is 2.91. The van der Waals surface area contributed by atoms with Crippen LogP contribution in [0.25, 0.3) is 17.3 Å². The van der Waals surface area contributed by atoms with Gasteiger partial charge in [0, 0.05) is 0 Å². The second kappa shape index (κ2) is 6.33. The Morgan fingerprint density at radius 2 is 2.00 bits per heavy atom. The predicted octanol–water partition coefficient (Wildman–Crippen LogP) is 3.05. The molecule has 130 valence electrons. The van der Waals surface area contributed by atoms with Gasteiger partial charge in [0.2, 0.25) is 0 Å². The zero-order chi connectivity index (χ0) is 17.3. The molecule has 25 heavy (non-hydrogen) atoms. The number of rotatable bonds is 5. The van der Waals surface area contributed by atoms with Gasteiger partial charge in [0.1, 0.15) is 0 Å². The number of ether oxygens (including phenoxy) is 1. The number of hydrogen-bond donors (Lipinski definition) is 1. The van der Waals surface area contributed by atoms with E-state index in [1.807, 2.05) is 43.5 Å². The molecule has 3 aromatic rings. The van der Waals surface area contributed by atoms with E-state index in [0.29, 0.717) is 29.8 Å². The largest absolute Gasteiger partial charge is 0.490 e. The van der Waals surface area contributed by atoms with Crippen LogP contribution in [0.2, 0.25) is 0 Å². The van der Waals surface area contributed by atoms with E-state index in [9.17, 15) is 0 Å². The maximum atomic E-state index is 6.42. The Morgan fingerprint density at radius 1 is 1.24 bits per heavy atom. The van der Waals surface area contributed by atoms with E-state index >= 15 is 0 Å². The highest BCUT2D eigenvalue weighted by Crippen LogP contribution is 2.36. The maximum absolute atomic E-state index is 6.42. The first kappa shape index (κ1) is 15.8. The highest BCUT2D eigenvalue weighted by atomic mass is 16.5. The van der Waals surface area contributed by atoms with E-state index in [-0.39, 0.29) is 0 Å².